The molecule has 1 aliphatic heterocycles. The first-order chi connectivity index (χ1) is 8.40. The van der Waals surface area contributed by atoms with Crippen molar-refractivity contribution >= 4 is 0 Å². The maximum atomic E-state index is 3.55. The molecule has 0 unspecified atom stereocenters. The predicted octanol–water partition coefficient (Wildman–Crippen LogP) is 2.08. The second kappa shape index (κ2) is 6.82. The number of likely N-dealkylation sites (tertiary alicyclic amines) is 1. The van der Waals surface area contributed by atoms with E-state index in [4.69, 9.17) is 0 Å². The third-order valence-corrected chi connectivity index (χ3v) is 3.62. The van der Waals surface area contributed by atoms with Crippen LogP contribution < -0.4 is 5.32 Å². The summed E-state index contributed by atoms with van der Waals surface area (Å²) in [6, 6.07) is 4.34. The summed E-state index contributed by atoms with van der Waals surface area (Å²) in [6.07, 6.45) is 6.35. The smallest absolute Gasteiger partial charge is 0.0359 e. The van der Waals surface area contributed by atoms with Crippen molar-refractivity contribution in [3.8, 4) is 0 Å². The fourth-order valence-corrected chi connectivity index (χ4v) is 2.56. The first-order valence-corrected chi connectivity index (χ1v) is 6.97. The quantitative estimate of drug-likeness (QED) is 0.762. The van der Waals surface area contributed by atoms with Gasteiger partial charge in [0.1, 0.15) is 0 Å². The molecule has 1 fully saturated rings. The minimum absolute atomic E-state index is 0.995. The van der Waals surface area contributed by atoms with Crippen LogP contribution in [-0.4, -0.2) is 35.6 Å². The lowest BCUT2D eigenvalue weighted by atomic mass is 10.1. The molecular weight excluding hydrogens is 210 g/mol. The molecule has 1 N–H and O–H groups in total. The van der Waals surface area contributed by atoms with Crippen LogP contribution in [-0.2, 0) is 13.1 Å². The lowest BCUT2D eigenvalue weighted by Gasteiger charge is -2.26. The molecule has 0 aliphatic carbocycles. The summed E-state index contributed by atoms with van der Waals surface area (Å²) in [5.41, 5.74) is 1.39. The van der Waals surface area contributed by atoms with Crippen LogP contribution in [0.2, 0.25) is 0 Å². The van der Waals surface area contributed by atoms with Crippen LogP contribution in [0.25, 0.3) is 0 Å². The van der Waals surface area contributed by atoms with Gasteiger partial charge in [0.05, 0.1) is 0 Å². The Kier molecular flexibility index (Phi) is 5.08. The van der Waals surface area contributed by atoms with Gasteiger partial charge in [0.2, 0.25) is 0 Å². The van der Waals surface area contributed by atoms with E-state index in [1.807, 2.05) is 0 Å². The molecule has 2 rings (SSSR count). The van der Waals surface area contributed by atoms with Gasteiger partial charge in [-0.25, -0.2) is 0 Å². The van der Waals surface area contributed by atoms with E-state index in [0.29, 0.717) is 0 Å². The number of nitrogens with zero attached hydrogens (tertiary/aromatic N) is 2. The standard InChI is InChI=1S/C14H25N3/c1-2-17-11-6-7-14(17)13-15-8-12-16-9-4-3-5-10-16/h6-7,11,15H,2-5,8-10,12-13H2,1H3. The summed E-state index contributed by atoms with van der Waals surface area (Å²) in [4.78, 5) is 2.58. The Bertz CT molecular complexity index is 313. The lowest BCUT2D eigenvalue weighted by Crippen LogP contribution is -2.35. The normalized spacial score (nSPS) is 17.5. The Morgan fingerprint density at radius 3 is 2.82 bits per heavy atom. The highest BCUT2D eigenvalue weighted by Crippen LogP contribution is 2.07. The van der Waals surface area contributed by atoms with Gasteiger partial charge in [-0.15, -0.1) is 0 Å². The molecule has 0 spiro atoms. The number of hydrogen-bond acceptors (Lipinski definition) is 2. The Morgan fingerprint density at radius 1 is 1.24 bits per heavy atom. The third kappa shape index (κ3) is 3.86. The molecule has 0 bridgehead atoms. The van der Waals surface area contributed by atoms with Crippen LogP contribution >= 0.6 is 0 Å². The fraction of sp³-hybridized carbons (Fsp3) is 0.714. The molecule has 17 heavy (non-hydrogen) atoms. The molecule has 0 atom stereocenters. The zero-order valence-electron chi connectivity index (χ0n) is 11.0. The summed E-state index contributed by atoms with van der Waals surface area (Å²) in [5.74, 6) is 0. The number of hydrogen-bond donors (Lipinski definition) is 1. The molecule has 3 heteroatoms. The maximum Gasteiger partial charge on any atom is 0.0359 e. The molecule has 96 valence electrons. The molecule has 2 heterocycles. The van der Waals surface area contributed by atoms with Crippen molar-refractivity contribution in [3.63, 3.8) is 0 Å². The van der Waals surface area contributed by atoms with Crippen LogP contribution in [0.15, 0.2) is 18.3 Å². The van der Waals surface area contributed by atoms with Crippen molar-refractivity contribution in [2.45, 2.75) is 39.3 Å². The van der Waals surface area contributed by atoms with E-state index in [0.717, 1.165) is 19.6 Å². The number of rotatable bonds is 6. The minimum Gasteiger partial charge on any atom is -0.351 e. The molecule has 0 radical (unpaired) electrons. The summed E-state index contributed by atoms with van der Waals surface area (Å²) in [5, 5.41) is 3.55. The van der Waals surface area contributed by atoms with Crippen LogP contribution in [0.4, 0.5) is 0 Å². The maximum absolute atomic E-state index is 3.55. The van der Waals surface area contributed by atoms with E-state index < -0.39 is 0 Å². The van der Waals surface area contributed by atoms with Gasteiger partial charge in [-0.2, -0.15) is 0 Å². The van der Waals surface area contributed by atoms with Gasteiger partial charge in [-0.3, -0.25) is 0 Å². The molecule has 0 saturated carbocycles. The van der Waals surface area contributed by atoms with E-state index >= 15 is 0 Å². The minimum atomic E-state index is 0.995. The molecule has 1 aromatic rings. The fourth-order valence-electron chi connectivity index (χ4n) is 2.56. The Morgan fingerprint density at radius 2 is 2.06 bits per heavy atom. The largest absolute Gasteiger partial charge is 0.351 e. The second-order valence-corrected chi connectivity index (χ2v) is 4.86. The van der Waals surface area contributed by atoms with Gasteiger partial charge in [-0.1, -0.05) is 6.42 Å². The third-order valence-electron chi connectivity index (χ3n) is 3.62. The number of aromatic nitrogens is 1. The van der Waals surface area contributed by atoms with Gasteiger partial charge in [0.25, 0.3) is 0 Å². The number of piperidine rings is 1. The van der Waals surface area contributed by atoms with E-state index in [9.17, 15) is 0 Å². The van der Waals surface area contributed by atoms with Crippen molar-refractivity contribution in [2.24, 2.45) is 0 Å². The molecule has 0 aromatic carbocycles. The summed E-state index contributed by atoms with van der Waals surface area (Å²) in [6.45, 7) is 9.16. The van der Waals surface area contributed by atoms with Crippen molar-refractivity contribution in [1.29, 1.82) is 0 Å². The molecular formula is C14H25N3. The molecule has 1 saturated heterocycles. The van der Waals surface area contributed by atoms with Gasteiger partial charge in [0.15, 0.2) is 0 Å². The Balaban J connectivity index is 1.62. The first-order valence-electron chi connectivity index (χ1n) is 6.97. The zero-order chi connectivity index (χ0) is 11.9. The van der Waals surface area contributed by atoms with Crippen molar-refractivity contribution in [2.75, 3.05) is 26.2 Å². The highest BCUT2D eigenvalue weighted by Gasteiger charge is 2.08. The number of aryl methyl sites for hydroxylation is 1. The average Bonchev–Trinajstić information content (AvgIpc) is 2.83. The van der Waals surface area contributed by atoms with Gasteiger partial charge in [-0.05, 0) is 45.0 Å². The van der Waals surface area contributed by atoms with Gasteiger partial charge < -0.3 is 14.8 Å². The molecule has 0 amide bonds. The lowest BCUT2D eigenvalue weighted by molar-refractivity contribution is 0.229. The monoisotopic (exact) mass is 235 g/mol. The van der Waals surface area contributed by atoms with Gasteiger partial charge in [0, 0.05) is 38.1 Å². The Hall–Kier alpha value is -0.800. The summed E-state index contributed by atoms with van der Waals surface area (Å²) < 4.78 is 2.30. The van der Waals surface area contributed by atoms with Crippen LogP contribution in [0.1, 0.15) is 31.9 Å². The van der Waals surface area contributed by atoms with Crippen molar-refractivity contribution in [1.82, 2.24) is 14.8 Å². The van der Waals surface area contributed by atoms with Gasteiger partial charge >= 0.3 is 0 Å². The van der Waals surface area contributed by atoms with E-state index in [1.54, 1.807) is 0 Å². The van der Waals surface area contributed by atoms with Crippen LogP contribution in [0, 0.1) is 0 Å². The van der Waals surface area contributed by atoms with E-state index in [2.05, 4.69) is 40.0 Å². The van der Waals surface area contributed by atoms with Crippen molar-refractivity contribution in [3.05, 3.63) is 24.0 Å². The molecule has 1 aromatic heterocycles. The zero-order valence-corrected chi connectivity index (χ0v) is 11.0. The average molecular weight is 235 g/mol. The highest BCUT2D eigenvalue weighted by molar-refractivity contribution is 5.06. The highest BCUT2D eigenvalue weighted by atomic mass is 15.1. The summed E-state index contributed by atoms with van der Waals surface area (Å²) >= 11 is 0. The number of nitrogens with one attached hydrogen (secondary N) is 1. The second-order valence-electron chi connectivity index (χ2n) is 4.86. The first kappa shape index (κ1) is 12.7. The summed E-state index contributed by atoms with van der Waals surface area (Å²) in [7, 11) is 0. The molecule has 1 aliphatic rings. The van der Waals surface area contributed by atoms with Crippen LogP contribution in [0.5, 0.6) is 0 Å². The van der Waals surface area contributed by atoms with Crippen molar-refractivity contribution < 1.29 is 0 Å². The topological polar surface area (TPSA) is 20.2 Å². The molecule has 3 nitrogen and oxygen atoms in total. The SMILES string of the molecule is CCn1cccc1CNCCN1CCCCC1. The van der Waals surface area contributed by atoms with E-state index in [-0.39, 0.29) is 0 Å². The Labute approximate surface area is 105 Å². The van der Waals surface area contributed by atoms with Crippen LogP contribution in [0.3, 0.4) is 0 Å². The van der Waals surface area contributed by atoms with E-state index in [1.165, 1.54) is 44.6 Å². The predicted molar refractivity (Wildman–Crippen MR) is 72.1 cm³/mol.